The van der Waals surface area contributed by atoms with E-state index in [1.54, 1.807) is 69.3 Å². The van der Waals surface area contributed by atoms with Gasteiger partial charge in [-0.2, -0.15) is 0 Å². The molecule has 4 aromatic rings. The summed E-state index contributed by atoms with van der Waals surface area (Å²) in [5.41, 5.74) is 2.54. The fourth-order valence-electron chi connectivity index (χ4n) is 4.91. The van der Waals surface area contributed by atoms with E-state index in [-0.39, 0.29) is 23.3 Å². The number of carbonyl (C=O) groups is 2. The number of methoxy groups -OCH3 is 2. The number of furan rings is 1. The van der Waals surface area contributed by atoms with Gasteiger partial charge in [0.05, 0.1) is 42.2 Å². The van der Waals surface area contributed by atoms with E-state index in [9.17, 15) is 19.5 Å². The molecule has 11 heteroatoms. The van der Waals surface area contributed by atoms with Crippen LogP contribution in [0.3, 0.4) is 0 Å². The van der Waals surface area contributed by atoms with E-state index in [1.165, 1.54) is 36.2 Å². The van der Waals surface area contributed by atoms with Crippen molar-refractivity contribution >= 4 is 29.4 Å². The Hall–Kier alpha value is -4.90. The van der Waals surface area contributed by atoms with Crippen LogP contribution in [0.15, 0.2) is 74.0 Å². The number of hydrogen-bond acceptors (Lipinski definition) is 9. The molecule has 0 aliphatic carbocycles. The second kappa shape index (κ2) is 11.5. The number of thiazole rings is 1. The van der Waals surface area contributed by atoms with Crippen LogP contribution in [0.4, 0.5) is 0 Å². The summed E-state index contributed by atoms with van der Waals surface area (Å²) >= 11 is 1.17. The molecular formula is C31H28N2O8S. The van der Waals surface area contributed by atoms with Gasteiger partial charge in [-0.1, -0.05) is 17.4 Å². The zero-order chi connectivity index (χ0) is 30.1. The Labute approximate surface area is 244 Å². The van der Waals surface area contributed by atoms with Crippen LogP contribution >= 0.6 is 11.3 Å². The van der Waals surface area contributed by atoms with Crippen molar-refractivity contribution in [2.75, 3.05) is 20.8 Å². The predicted molar refractivity (Wildman–Crippen MR) is 156 cm³/mol. The molecule has 42 heavy (non-hydrogen) atoms. The maximum atomic E-state index is 13.9. The highest BCUT2D eigenvalue weighted by Gasteiger charge is 2.35. The zero-order valence-electron chi connectivity index (χ0n) is 23.6. The van der Waals surface area contributed by atoms with Gasteiger partial charge in [0.15, 0.2) is 4.80 Å². The van der Waals surface area contributed by atoms with Gasteiger partial charge in [0, 0.05) is 23.3 Å². The molecule has 1 aliphatic heterocycles. The van der Waals surface area contributed by atoms with Crippen molar-refractivity contribution in [2.24, 2.45) is 4.99 Å². The van der Waals surface area contributed by atoms with Gasteiger partial charge in [-0.3, -0.25) is 9.36 Å². The lowest BCUT2D eigenvalue weighted by molar-refractivity contribution is -0.139. The molecule has 0 radical (unpaired) electrons. The molecule has 0 fully saturated rings. The molecule has 1 aliphatic rings. The van der Waals surface area contributed by atoms with Crippen LogP contribution in [0.5, 0.6) is 11.5 Å². The van der Waals surface area contributed by atoms with Gasteiger partial charge >= 0.3 is 11.9 Å². The first-order valence-electron chi connectivity index (χ1n) is 13.0. The molecule has 2 aromatic heterocycles. The average Bonchev–Trinajstić information content (AvgIpc) is 3.55. The van der Waals surface area contributed by atoms with Crippen molar-refractivity contribution in [3.63, 3.8) is 0 Å². The molecular weight excluding hydrogens is 560 g/mol. The summed E-state index contributed by atoms with van der Waals surface area (Å²) in [6.45, 7) is 5.39. The summed E-state index contributed by atoms with van der Waals surface area (Å²) in [7, 11) is 3.05. The van der Waals surface area contributed by atoms with Gasteiger partial charge < -0.3 is 23.7 Å². The number of carboxylic acid groups (broad SMARTS) is 1. The number of aromatic nitrogens is 1. The lowest BCUT2D eigenvalue weighted by atomic mass is 9.95. The Morgan fingerprint density at radius 2 is 1.88 bits per heavy atom. The molecule has 0 spiro atoms. The number of rotatable bonds is 8. The largest absolute Gasteiger partial charge is 0.497 e. The summed E-state index contributed by atoms with van der Waals surface area (Å²) in [6, 6.07) is 12.6. The standard InChI is InChI=1S/C31H28N2O8S/c1-6-40-30(37)26-17(3)32-31-33(27(26)22-11-8-19(38-4)14-24(22)39-5)28(34)25(42-31)15-20-9-12-23(41-20)21-10-7-18(29(35)36)13-16(21)2/h7-15,27H,6H2,1-5H3,(H,35,36). The van der Waals surface area contributed by atoms with Crippen LogP contribution in [0, 0.1) is 6.92 Å². The van der Waals surface area contributed by atoms with Gasteiger partial charge in [-0.05, 0) is 62.7 Å². The molecule has 1 unspecified atom stereocenters. The Bertz CT molecular complexity index is 1930. The van der Waals surface area contributed by atoms with E-state index < -0.39 is 18.0 Å². The molecule has 5 rings (SSSR count). The van der Waals surface area contributed by atoms with Crippen molar-refractivity contribution in [1.82, 2.24) is 4.57 Å². The number of aromatic carboxylic acids is 1. The van der Waals surface area contributed by atoms with Crippen LogP contribution in [0.2, 0.25) is 0 Å². The molecule has 10 nitrogen and oxygen atoms in total. The van der Waals surface area contributed by atoms with E-state index in [1.807, 2.05) is 0 Å². The van der Waals surface area contributed by atoms with E-state index in [0.717, 1.165) is 11.1 Å². The molecule has 1 atom stereocenters. The number of carbonyl (C=O) groups excluding carboxylic acids is 1. The molecule has 0 amide bonds. The van der Waals surface area contributed by atoms with Gasteiger partial charge in [-0.25, -0.2) is 14.6 Å². The van der Waals surface area contributed by atoms with Crippen LogP contribution in [0.25, 0.3) is 17.4 Å². The second-order valence-corrected chi connectivity index (χ2v) is 10.5. The molecule has 1 N–H and O–H groups in total. The first-order chi connectivity index (χ1) is 20.2. The second-order valence-electron chi connectivity index (χ2n) is 9.45. The number of allylic oxidation sites excluding steroid dienone is 1. The molecule has 3 heterocycles. The summed E-state index contributed by atoms with van der Waals surface area (Å²) in [4.78, 5) is 43.4. The number of benzene rings is 2. The minimum Gasteiger partial charge on any atom is -0.497 e. The highest BCUT2D eigenvalue weighted by Crippen LogP contribution is 2.37. The zero-order valence-corrected chi connectivity index (χ0v) is 24.4. The van der Waals surface area contributed by atoms with Crippen LogP contribution in [0.1, 0.15) is 47.1 Å². The van der Waals surface area contributed by atoms with E-state index in [0.29, 0.717) is 43.6 Å². The summed E-state index contributed by atoms with van der Waals surface area (Å²) in [5, 5.41) is 9.26. The van der Waals surface area contributed by atoms with E-state index in [2.05, 4.69) is 4.99 Å². The summed E-state index contributed by atoms with van der Waals surface area (Å²) in [5.74, 6) is 0.373. The first-order valence-corrected chi connectivity index (χ1v) is 13.8. The number of hydrogen-bond donors (Lipinski definition) is 1. The van der Waals surface area contributed by atoms with E-state index >= 15 is 0 Å². The fourth-order valence-corrected chi connectivity index (χ4v) is 5.93. The van der Waals surface area contributed by atoms with Crippen molar-refractivity contribution in [2.45, 2.75) is 26.8 Å². The van der Waals surface area contributed by atoms with Gasteiger partial charge in [0.2, 0.25) is 0 Å². The minimum absolute atomic E-state index is 0.159. The van der Waals surface area contributed by atoms with Crippen molar-refractivity contribution < 1.29 is 33.3 Å². The summed E-state index contributed by atoms with van der Waals surface area (Å²) in [6.07, 6.45) is 1.62. The highest BCUT2D eigenvalue weighted by molar-refractivity contribution is 7.07. The third-order valence-electron chi connectivity index (χ3n) is 6.89. The number of esters is 1. The molecule has 0 bridgehead atoms. The Kier molecular flexibility index (Phi) is 7.86. The lowest BCUT2D eigenvalue weighted by Gasteiger charge is -2.26. The SMILES string of the molecule is CCOC(=O)C1=C(C)N=c2sc(=Cc3ccc(-c4ccc(C(=O)O)cc4C)o3)c(=O)n2C1c1ccc(OC)cc1OC. The smallest absolute Gasteiger partial charge is 0.338 e. The Morgan fingerprint density at radius 3 is 2.55 bits per heavy atom. The molecule has 216 valence electrons. The fraction of sp³-hybridized carbons (Fsp3) is 0.226. The van der Waals surface area contributed by atoms with Gasteiger partial charge in [-0.15, -0.1) is 0 Å². The van der Waals surface area contributed by atoms with Crippen molar-refractivity contribution in [1.29, 1.82) is 0 Å². The quantitative estimate of drug-likeness (QED) is 0.305. The van der Waals surface area contributed by atoms with Gasteiger partial charge in [0.25, 0.3) is 5.56 Å². The Balaban J connectivity index is 1.64. The monoisotopic (exact) mass is 588 g/mol. The molecule has 2 aromatic carbocycles. The normalized spacial score (nSPS) is 14.8. The number of ether oxygens (including phenoxy) is 3. The number of aryl methyl sites for hydroxylation is 1. The van der Waals surface area contributed by atoms with E-state index in [4.69, 9.17) is 18.6 Å². The number of carboxylic acids is 1. The number of nitrogens with zero attached hydrogens (tertiary/aromatic N) is 2. The lowest BCUT2D eigenvalue weighted by Crippen LogP contribution is -2.40. The van der Waals surface area contributed by atoms with Crippen LogP contribution in [-0.2, 0) is 9.53 Å². The van der Waals surface area contributed by atoms with Crippen LogP contribution < -0.4 is 24.4 Å². The highest BCUT2D eigenvalue weighted by atomic mass is 32.1. The van der Waals surface area contributed by atoms with Gasteiger partial charge in [0.1, 0.15) is 29.1 Å². The maximum Gasteiger partial charge on any atom is 0.338 e. The van der Waals surface area contributed by atoms with Crippen molar-refractivity contribution in [3.05, 3.63) is 102 Å². The average molecular weight is 589 g/mol. The number of fused-ring (bicyclic) bond motifs is 1. The third-order valence-corrected chi connectivity index (χ3v) is 7.87. The molecule has 0 saturated carbocycles. The van der Waals surface area contributed by atoms with Crippen molar-refractivity contribution in [3.8, 4) is 22.8 Å². The third kappa shape index (κ3) is 5.14. The maximum absolute atomic E-state index is 13.9. The van der Waals surface area contributed by atoms with Crippen LogP contribution in [-0.4, -0.2) is 42.4 Å². The topological polar surface area (TPSA) is 130 Å². The summed E-state index contributed by atoms with van der Waals surface area (Å²) < 4.78 is 24.2. The molecule has 0 saturated heterocycles. The Morgan fingerprint density at radius 1 is 1.10 bits per heavy atom. The first kappa shape index (κ1) is 28.6. The minimum atomic E-state index is -1.01. The predicted octanol–water partition coefficient (Wildman–Crippen LogP) is 4.08.